The third-order valence-corrected chi connectivity index (χ3v) is 3.23. The number of likely N-dealkylation sites (tertiary alicyclic amines) is 1. The van der Waals surface area contributed by atoms with E-state index in [1.807, 2.05) is 6.92 Å². The molecule has 1 aliphatic heterocycles. The van der Waals surface area contributed by atoms with Crippen LogP contribution in [0.4, 0.5) is 0 Å². The predicted octanol–water partition coefficient (Wildman–Crippen LogP) is 2.45. The first kappa shape index (κ1) is 12.7. The molecule has 1 atom stereocenters. The lowest BCUT2D eigenvalue weighted by Crippen LogP contribution is -2.24. The molecule has 0 saturated carbocycles. The molecule has 1 aliphatic rings. The standard InChI is InChI=1S/C14H18N2O2/c1-2-18-14-9-11(5-6-13(14)17)12(10-15)16-7-3-4-8-16/h5-6,9,12,17H,2-4,7-8H2,1H3. The van der Waals surface area contributed by atoms with Crippen molar-refractivity contribution in [3.63, 3.8) is 0 Å². The molecule has 1 aromatic carbocycles. The molecule has 96 valence electrons. The van der Waals surface area contributed by atoms with Crippen LogP contribution in [0.3, 0.4) is 0 Å². The summed E-state index contributed by atoms with van der Waals surface area (Å²) in [6, 6.07) is 7.26. The van der Waals surface area contributed by atoms with Gasteiger partial charge in [0.05, 0.1) is 12.7 Å². The fraction of sp³-hybridized carbons (Fsp3) is 0.500. The van der Waals surface area contributed by atoms with E-state index >= 15 is 0 Å². The molecule has 1 N–H and O–H groups in total. The number of rotatable bonds is 4. The Balaban J connectivity index is 2.25. The van der Waals surface area contributed by atoms with Gasteiger partial charge in [-0.1, -0.05) is 6.07 Å². The lowest BCUT2D eigenvalue weighted by Gasteiger charge is -2.22. The van der Waals surface area contributed by atoms with Gasteiger partial charge in [-0.05, 0) is 50.6 Å². The van der Waals surface area contributed by atoms with Gasteiger partial charge < -0.3 is 9.84 Å². The summed E-state index contributed by atoms with van der Waals surface area (Å²) >= 11 is 0. The minimum Gasteiger partial charge on any atom is -0.504 e. The summed E-state index contributed by atoms with van der Waals surface area (Å²) in [5.41, 5.74) is 0.889. The summed E-state index contributed by atoms with van der Waals surface area (Å²) in [7, 11) is 0. The summed E-state index contributed by atoms with van der Waals surface area (Å²) in [6.45, 7) is 4.29. The SMILES string of the molecule is CCOc1cc(C(C#N)N2CCCC2)ccc1O. The van der Waals surface area contributed by atoms with Gasteiger partial charge in [0.2, 0.25) is 0 Å². The van der Waals surface area contributed by atoms with Crippen LogP contribution in [0.15, 0.2) is 18.2 Å². The van der Waals surface area contributed by atoms with E-state index < -0.39 is 0 Å². The fourth-order valence-electron chi connectivity index (χ4n) is 2.34. The maximum Gasteiger partial charge on any atom is 0.161 e. The maximum atomic E-state index is 9.66. The number of hydrogen-bond acceptors (Lipinski definition) is 4. The minimum absolute atomic E-state index is 0.124. The molecule has 0 spiro atoms. The zero-order valence-electron chi connectivity index (χ0n) is 10.6. The molecule has 0 amide bonds. The van der Waals surface area contributed by atoms with Crippen molar-refractivity contribution in [2.24, 2.45) is 0 Å². The largest absolute Gasteiger partial charge is 0.504 e. The Labute approximate surface area is 107 Å². The molecule has 18 heavy (non-hydrogen) atoms. The second-order valence-corrected chi connectivity index (χ2v) is 4.43. The highest BCUT2D eigenvalue weighted by Crippen LogP contribution is 2.32. The van der Waals surface area contributed by atoms with Crippen LogP contribution in [0.5, 0.6) is 11.5 Å². The van der Waals surface area contributed by atoms with Crippen molar-refractivity contribution >= 4 is 0 Å². The van der Waals surface area contributed by atoms with Crippen LogP contribution in [-0.4, -0.2) is 29.7 Å². The smallest absolute Gasteiger partial charge is 0.161 e. The molecule has 1 unspecified atom stereocenters. The molecule has 4 heteroatoms. The molecule has 0 aliphatic carbocycles. The molecule has 2 rings (SSSR count). The van der Waals surface area contributed by atoms with Crippen LogP contribution < -0.4 is 4.74 Å². The number of benzene rings is 1. The highest BCUT2D eigenvalue weighted by atomic mass is 16.5. The van der Waals surface area contributed by atoms with Gasteiger partial charge in [0.25, 0.3) is 0 Å². The Bertz CT molecular complexity index is 448. The van der Waals surface area contributed by atoms with Gasteiger partial charge in [-0.25, -0.2) is 0 Å². The predicted molar refractivity (Wildman–Crippen MR) is 68.4 cm³/mol. The van der Waals surface area contributed by atoms with Gasteiger partial charge >= 0.3 is 0 Å². The van der Waals surface area contributed by atoms with E-state index in [1.54, 1.807) is 18.2 Å². The number of phenolic OH excluding ortho intramolecular Hbond substituents is 1. The Kier molecular flexibility index (Phi) is 4.06. The summed E-state index contributed by atoms with van der Waals surface area (Å²) in [4.78, 5) is 2.17. The molecule has 4 nitrogen and oxygen atoms in total. The van der Waals surface area contributed by atoms with Gasteiger partial charge in [-0.2, -0.15) is 5.26 Å². The molecule has 0 bridgehead atoms. The molecule has 1 aromatic rings. The number of nitrogens with zero attached hydrogens (tertiary/aromatic N) is 2. The molecular formula is C14H18N2O2. The van der Waals surface area contributed by atoms with Crippen LogP contribution in [-0.2, 0) is 0 Å². The van der Waals surface area contributed by atoms with E-state index in [0.29, 0.717) is 12.4 Å². The van der Waals surface area contributed by atoms with Crippen molar-refractivity contribution in [3.8, 4) is 17.6 Å². The Morgan fingerprint density at radius 3 is 2.78 bits per heavy atom. The van der Waals surface area contributed by atoms with Crippen molar-refractivity contribution < 1.29 is 9.84 Å². The van der Waals surface area contributed by atoms with Gasteiger partial charge in [-0.15, -0.1) is 0 Å². The van der Waals surface area contributed by atoms with E-state index in [1.165, 1.54) is 0 Å². The van der Waals surface area contributed by atoms with E-state index in [-0.39, 0.29) is 11.8 Å². The van der Waals surface area contributed by atoms with Crippen molar-refractivity contribution in [3.05, 3.63) is 23.8 Å². The summed E-state index contributed by atoms with van der Waals surface area (Å²) in [6.07, 6.45) is 2.29. The molecule has 1 saturated heterocycles. The van der Waals surface area contributed by atoms with E-state index in [0.717, 1.165) is 31.5 Å². The zero-order chi connectivity index (χ0) is 13.0. The third-order valence-electron chi connectivity index (χ3n) is 3.23. The number of nitriles is 1. The first-order valence-corrected chi connectivity index (χ1v) is 6.35. The van der Waals surface area contributed by atoms with E-state index in [9.17, 15) is 10.4 Å². The van der Waals surface area contributed by atoms with E-state index in [2.05, 4.69) is 11.0 Å². The topological polar surface area (TPSA) is 56.5 Å². The average molecular weight is 246 g/mol. The number of aromatic hydroxyl groups is 1. The molecule has 1 fully saturated rings. The van der Waals surface area contributed by atoms with Crippen LogP contribution in [0.2, 0.25) is 0 Å². The van der Waals surface area contributed by atoms with Gasteiger partial charge in [0.1, 0.15) is 6.04 Å². The van der Waals surface area contributed by atoms with Crippen molar-refractivity contribution in [1.29, 1.82) is 5.26 Å². The Morgan fingerprint density at radius 2 is 2.17 bits per heavy atom. The zero-order valence-corrected chi connectivity index (χ0v) is 10.6. The van der Waals surface area contributed by atoms with Crippen molar-refractivity contribution in [1.82, 2.24) is 4.90 Å². The highest BCUT2D eigenvalue weighted by Gasteiger charge is 2.23. The first-order chi connectivity index (χ1) is 8.76. The van der Waals surface area contributed by atoms with Crippen LogP contribution >= 0.6 is 0 Å². The summed E-state index contributed by atoms with van der Waals surface area (Å²) in [5.74, 6) is 0.577. The molecule has 0 radical (unpaired) electrons. The first-order valence-electron chi connectivity index (χ1n) is 6.35. The van der Waals surface area contributed by atoms with E-state index in [4.69, 9.17) is 4.74 Å². The summed E-state index contributed by atoms with van der Waals surface area (Å²) < 4.78 is 5.36. The van der Waals surface area contributed by atoms with Crippen LogP contribution in [0.25, 0.3) is 0 Å². The van der Waals surface area contributed by atoms with Gasteiger partial charge in [0, 0.05) is 0 Å². The van der Waals surface area contributed by atoms with Crippen molar-refractivity contribution in [2.45, 2.75) is 25.8 Å². The van der Waals surface area contributed by atoms with Gasteiger partial charge in [-0.3, -0.25) is 4.90 Å². The third kappa shape index (κ3) is 2.57. The quantitative estimate of drug-likeness (QED) is 0.886. The normalized spacial score (nSPS) is 17.3. The molecule has 0 aromatic heterocycles. The minimum atomic E-state index is -0.243. The van der Waals surface area contributed by atoms with Crippen LogP contribution in [0, 0.1) is 11.3 Å². The average Bonchev–Trinajstić information content (AvgIpc) is 2.88. The molecular weight excluding hydrogens is 228 g/mol. The second kappa shape index (κ2) is 5.74. The monoisotopic (exact) mass is 246 g/mol. The number of hydrogen-bond donors (Lipinski definition) is 1. The lowest BCUT2D eigenvalue weighted by atomic mass is 10.1. The highest BCUT2D eigenvalue weighted by molar-refractivity contribution is 5.43. The van der Waals surface area contributed by atoms with Crippen molar-refractivity contribution in [2.75, 3.05) is 19.7 Å². The van der Waals surface area contributed by atoms with Crippen LogP contribution in [0.1, 0.15) is 31.4 Å². The Morgan fingerprint density at radius 1 is 1.44 bits per heavy atom. The second-order valence-electron chi connectivity index (χ2n) is 4.43. The number of phenols is 1. The number of ether oxygens (including phenoxy) is 1. The summed E-state index contributed by atoms with van der Waals surface area (Å²) in [5, 5.41) is 19.0. The van der Waals surface area contributed by atoms with Gasteiger partial charge in [0.15, 0.2) is 11.5 Å². The lowest BCUT2D eigenvalue weighted by molar-refractivity contribution is 0.290. The maximum absolute atomic E-state index is 9.66. The fourth-order valence-corrected chi connectivity index (χ4v) is 2.34. The molecule has 1 heterocycles. The Hall–Kier alpha value is -1.73.